The topological polar surface area (TPSA) is 115 Å². The number of rotatable bonds is 9. The molecular weight excluding hydrogens is 427 g/mol. The lowest BCUT2D eigenvalue weighted by molar-refractivity contribution is 0.0696. The maximum atomic E-state index is 13.9. The molecule has 1 amide bonds. The second-order valence-electron chi connectivity index (χ2n) is 8.07. The SMILES string of the molecule is CNc1cc(F)cc2cc(C(=O)Nc3ccc(C(=O)O)cc3CCCCN(C)C)c(=O)[nH]c12. The normalized spacial score (nSPS) is 11.1. The minimum absolute atomic E-state index is 0.120. The molecule has 9 heteroatoms. The Kier molecular flexibility index (Phi) is 7.44. The highest BCUT2D eigenvalue weighted by Gasteiger charge is 2.17. The second-order valence-corrected chi connectivity index (χ2v) is 8.07. The van der Waals surface area contributed by atoms with E-state index >= 15 is 0 Å². The molecule has 174 valence electrons. The predicted octanol–water partition coefficient (Wildman–Crippen LogP) is 3.54. The number of anilines is 2. The minimum atomic E-state index is -1.06. The lowest BCUT2D eigenvalue weighted by Gasteiger charge is -2.14. The Hall–Kier alpha value is -3.72. The van der Waals surface area contributed by atoms with Crippen molar-refractivity contribution in [2.75, 3.05) is 38.3 Å². The summed E-state index contributed by atoms with van der Waals surface area (Å²) in [5.41, 5.74) is 1.24. The van der Waals surface area contributed by atoms with Gasteiger partial charge in [0.1, 0.15) is 11.4 Å². The van der Waals surface area contributed by atoms with E-state index in [9.17, 15) is 23.9 Å². The molecule has 1 aromatic heterocycles. The number of carboxylic acids is 1. The molecule has 0 unspecified atom stereocenters. The summed E-state index contributed by atoms with van der Waals surface area (Å²) in [6.45, 7) is 0.887. The molecule has 1 heterocycles. The van der Waals surface area contributed by atoms with Gasteiger partial charge in [-0.2, -0.15) is 0 Å². The van der Waals surface area contributed by atoms with Crippen molar-refractivity contribution < 1.29 is 19.1 Å². The summed E-state index contributed by atoms with van der Waals surface area (Å²) in [4.78, 5) is 41.6. The molecule has 3 rings (SSSR count). The van der Waals surface area contributed by atoms with Crippen molar-refractivity contribution in [2.24, 2.45) is 0 Å². The van der Waals surface area contributed by atoms with E-state index in [0.29, 0.717) is 34.3 Å². The first-order valence-electron chi connectivity index (χ1n) is 10.6. The summed E-state index contributed by atoms with van der Waals surface area (Å²) in [6, 6.07) is 8.30. The number of aromatic carboxylic acids is 1. The number of nitrogens with one attached hydrogen (secondary N) is 3. The molecule has 0 spiro atoms. The van der Waals surface area contributed by atoms with E-state index < -0.39 is 23.3 Å². The van der Waals surface area contributed by atoms with Crippen molar-refractivity contribution in [3.63, 3.8) is 0 Å². The molecule has 33 heavy (non-hydrogen) atoms. The van der Waals surface area contributed by atoms with E-state index in [1.165, 1.54) is 36.4 Å². The quantitative estimate of drug-likeness (QED) is 0.368. The van der Waals surface area contributed by atoms with Gasteiger partial charge in [0, 0.05) is 18.1 Å². The Morgan fingerprint density at radius 3 is 2.52 bits per heavy atom. The molecule has 4 N–H and O–H groups in total. The number of aryl methyl sites for hydroxylation is 1. The maximum Gasteiger partial charge on any atom is 0.335 e. The summed E-state index contributed by atoms with van der Waals surface area (Å²) in [5.74, 6) is -2.23. The summed E-state index contributed by atoms with van der Waals surface area (Å²) in [7, 11) is 5.56. The summed E-state index contributed by atoms with van der Waals surface area (Å²) < 4.78 is 13.9. The fourth-order valence-electron chi connectivity index (χ4n) is 3.64. The van der Waals surface area contributed by atoms with Crippen LogP contribution in [0.5, 0.6) is 0 Å². The number of carbonyl (C=O) groups is 2. The number of hydrogen-bond donors (Lipinski definition) is 4. The van der Waals surface area contributed by atoms with Crippen LogP contribution in [0.1, 0.15) is 39.1 Å². The largest absolute Gasteiger partial charge is 0.478 e. The van der Waals surface area contributed by atoms with Gasteiger partial charge in [-0.1, -0.05) is 0 Å². The first kappa shape index (κ1) is 23.9. The van der Waals surface area contributed by atoms with Crippen molar-refractivity contribution >= 4 is 34.2 Å². The maximum absolute atomic E-state index is 13.9. The van der Waals surface area contributed by atoms with Gasteiger partial charge in [0.15, 0.2) is 0 Å². The molecule has 0 radical (unpaired) electrons. The molecule has 0 aliphatic rings. The average Bonchev–Trinajstić information content (AvgIpc) is 2.76. The molecular formula is C24H27FN4O4. The van der Waals surface area contributed by atoms with Gasteiger partial charge < -0.3 is 25.6 Å². The van der Waals surface area contributed by atoms with Crippen LogP contribution in [-0.4, -0.2) is 54.6 Å². The van der Waals surface area contributed by atoms with Crippen LogP contribution in [0.4, 0.5) is 15.8 Å². The summed E-state index contributed by atoms with van der Waals surface area (Å²) in [5, 5.41) is 15.2. The predicted molar refractivity (Wildman–Crippen MR) is 127 cm³/mol. The standard InChI is InChI=1S/C24H27FN4O4/c1-26-20-13-17(25)11-16-12-18(23(31)28-21(16)20)22(30)27-19-8-7-15(24(32)33)10-14(19)6-4-5-9-29(2)3/h7-8,10-13,26H,4-6,9H2,1-3H3,(H,27,30)(H,28,31)(H,32,33). The molecule has 2 aromatic carbocycles. The molecule has 0 atom stereocenters. The van der Waals surface area contributed by atoms with Gasteiger partial charge in [0.25, 0.3) is 11.5 Å². The molecule has 3 aromatic rings. The molecule has 0 bridgehead atoms. The third-order valence-electron chi connectivity index (χ3n) is 5.33. The molecule has 0 aliphatic heterocycles. The van der Waals surface area contributed by atoms with E-state index in [0.717, 1.165) is 19.4 Å². The van der Waals surface area contributed by atoms with Crippen molar-refractivity contribution in [1.82, 2.24) is 9.88 Å². The van der Waals surface area contributed by atoms with Crippen molar-refractivity contribution in [2.45, 2.75) is 19.3 Å². The van der Waals surface area contributed by atoms with Crippen LogP contribution in [0.2, 0.25) is 0 Å². The van der Waals surface area contributed by atoms with Crippen LogP contribution in [-0.2, 0) is 6.42 Å². The van der Waals surface area contributed by atoms with Crippen LogP contribution in [0.3, 0.4) is 0 Å². The number of pyridine rings is 1. The fourth-order valence-corrected chi connectivity index (χ4v) is 3.64. The van der Waals surface area contributed by atoms with E-state index in [4.69, 9.17) is 0 Å². The van der Waals surface area contributed by atoms with Gasteiger partial charge in [-0.25, -0.2) is 9.18 Å². The number of nitrogens with zero attached hydrogens (tertiary/aromatic N) is 1. The first-order valence-corrected chi connectivity index (χ1v) is 10.6. The van der Waals surface area contributed by atoms with E-state index in [2.05, 4.69) is 20.5 Å². The molecule has 0 saturated heterocycles. The van der Waals surface area contributed by atoms with Gasteiger partial charge in [-0.05, 0) is 81.9 Å². The fraction of sp³-hybridized carbons (Fsp3) is 0.292. The minimum Gasteiger partial charge on any atom is -0.478 e. The van der Waals surface area contributed by atoms with Crippen LogP contribution < -0.4 is 16.2 Å². The number of aromatic nitrogens is 1. The Labute approximate surface area is 190 Å². The van der Waals surface area contributed by atoms with Gasteiger partial charge in [0.2, 0.25) is 0 Å². The Balaban J connectivity index is 1.91. The van der Waals surface area contributed by atoms with E-state index in [1.54, 1.807) is 7.05 Å². The number of fused-ring (bicyclic) bond motifs is 1. The number of hydrogen-bond acceptors (Lipinski definition) is 5. The molecule has 0 aliphatic carbocycles. The van der Waals surface area contributed by atoms with Gasteiger partial charge in [0.05, 0.1) is 16.8 Å². The smallest absolute Gasteiger partial charge is 0.335 e. The number of halogens is 1. The monoisotopic (exact) mass is 454 g/mol. The Bertz CT molecular complexity index is 1250. The zero-order valence-corrected chi connectivity index (χ0v) is 18.8. The first-order chi connectivity index (χ1) is 15.7. The number of carbonyl (C=O) groups excluding carboxylic acids is 1. The summed E-state index contributed by atoms with van der Waals surface area (Å²) in [6.07, 6.45) is 2.27. The third kappa shape index (κ3) is 5.75. The Morgan fingerprint density at radius 1 is 1.09 bits per heavy atom. The number of H-pyrrole nitrogens is 1. The number of benzene rings is 2. The number of aromatic amines is 1. The van der Waals surface area contributed by atoms with Crippen molar-refractivity contribution in [3.8, 4) is 0 Å². The highest BCUT2D eigenvalue weighted by molar-refractivity contribution is 6.07. The van der Waals surface area contributed by atoms with Crippen molar-refractivity contribution in [1.29, 1.82) is 0 Å². The molecule has 8 nitrogen and oxygen atoms in total. The zero-order valence-electron chi connectivity index (χ0n) is 18.8. The average molecular weight is 455 g/mol. The van der Waals surface area contributed by atoms with Crippen LogP contribution in [0.25, 0.3) is 10.9 Å². The second kappa shape index (κ2) is 10.3. The van der Waals surface area contributed by atoms with Crippen molar-refractivity contribution in [3.05, 3.63) is 69.3 Å². The van der Waals surface area contributed by atoms with E-state index in [1.807, 2.05) is 14.1 Å². The number of amides is 1. The van der Waals surface area contributed by atoms with Crippen LogP contribution in [0, 0.1) is 5.82 Å². The molecule has 0 fully saturated rings. The van der Waals surface area contributed by atoms with Gasteiger partial charge >= 0.3 is 5.97 Å². The van der Waals surface area contributed by atoms with Crippen LogP contribution in [0.15, 0.2) is 41.2 Å². The van der Waals surface area contributed by atoms with E-state index in [-0.39, 0.29) is 11.1 Å². The summed E-state index contributed by atoms with van der Waals surface area (Å²) >= 11 is 0. The molecule has 0 saturated carbocycles. The number of carboxylic acid groups (broad SMARTS) is 1. The third-order valence-corrected chi connectivity index (χ3v) is 5.33. The van der Waals surface area contributed by atoms with Gasteiger partial charge in [-0.15, -0.1) is 0 Å². The number of unbranched alkanes of at least 4 members (excludes halogenated alkanes) is 1. The Morgan fingerprint density at radius 2 is 1.85 bits per heavy atom. The zero-order chi connectivity index (χ0) is 24.1. The lowest BCUT2D eigenvalue weighted by Crippen LogP contribution is -2.24. The van der Waals surface area contributed by atoms with Gasteiger partial charge in [-0.3, -0.25) is 9.59 Å². The highest BCUT2D eigenvalue weighted by Crippen LogP contribution is 2.24. The lowest BCUT2D eigenvalue weighted by atomic mass is 10.0. The van der Waals surface area contributed by atoms with Crippen LogP contribution >= 0.6 is 0 Å². The highest BCUT2D eigenvalue weighted by atomic mass is 19.1.